The molecule has 0 spiro atoms. The van der Waals surface area contributed by atoms with E-state index in [-0.39, 0.29) is 5.97 Å². The van der Waals surface area contributed by atoms with Gasteiger partial charge in [-0.3, -0.25) is 0 Å². The van der Waals surface area contributed by atoms with E-state index in [1.54, 1.807) is 18.9 Å². The maximum Gasteiger partial charge on any atom is 0.343 e. The number of hydrogen-bond acceptors (Lipinski definition) is 6. The number of hydrogen-bond donors (Lipinski definition) is 1. The van der Waals surface area contributed by atoms with Crippen molar-refractivity contribution >= 4 is 22.5 Å². The van der Waals surface area contributed by atoms with Crippen molar-refractivity contribution < 1.29 is 9.53 Å². The maximum atomic E-state index is 11.6. The van der Waals surface area contributed by atoms with Crippen LogP contribution in [0, 0.1) is 6.92 Å². The second-order valence-electron chi connectivity index (χ2n) is 3.20. The third-order valence-electron chi connectivity index (χ3n) is 1.67. The van der Waals surface area contributed by atoms with Gasteiger partial charge in [0.05, 0.1) is 12.3 Å². The van der Waals surface area contributed by atoms with Crippen LogP contribution < -0.4 is 5.43 Å². The molecule has 5 nitrogen and oxygen atoms in total. The Hall–Kier alpha value is -1.14. The third kappa shape index (κ3) is 2.90. The Morgan fingerprint density at radius 2 is 2.27 bits per heavy atom. The van der Waals surface area contributed by atoms with E-state index in [9.17, 15) is 4.79 Å². The van der Waals surface area contributed by atoms with E-state index >= 15 is 0 Å². The summed E-state index contributed by atoms with van der Waals surface area (Å²) >= 11 is 1.26. The molecule has 84 valence electrons. The average Bonchev–Trinajstić information content (AvgIpc) is 2.46. The Morgan fingerprint density at radius 1 is 1.60 bits per heavy atom. The van der Waals surface area contributed by atoms with Crippen LogP contribution in [0.1, 0.15) is 23.0 Å². The number of aryl methyl sites for hydroxylation is 1. The molecular formula is C9H15N3O2S. The molecule has 0 aliphatic rings. The second-order valence-corrected chi connectivity index (χ2v) is 3.97. The van der Waals surface area contributed by atoms with Gasteiger partial charge in [-0.15, -0.1) is 0 Å². The van der Waals surface area contributed by atoms with Gasteiger partial charge in [0.2, 0.25) is 0 Å². The highest BCUT2D eigenvalue weighted by Gasteiger charge is 2.19. The second kappa shape index (κ2) is 5.09. The summed E-state index contributed by atoms with van der Waals surface area (Å²) in [4.78, 5) is 11.6. The van der Waals surface area contributed by atoms with E-state index in [1.807, 2.05) is 14.1 Å². The molecule has 1 aromatic heterocycles. The van der Waals surface area contributed by atoms with Crippen LogP contribution in [0.25, 0.3) is 0 Å². The average molecular weight is 229 g/mol. The zero-order chi connectivity index (χ0) is 11.4. The zero-order valence-electron chi connectivity index (χ0n) is 9.33. The third-order valence-corrected chi connectivity index (χ3v) is 2.51. The molecule has 6 heteroatoms. The fourth-order valence-electron chi connectivity index (χ4n) is 1.09. The van der Waals surface area contributed by atoms with Gasteiger partial charge in [0, 0.05) is 14.1 Å². The number of anilines is 1. The molecule has 0 unspecified atom stereocenters. The predicted octanol–water partition coefficient (Wildman–Crippen LogP) is 1.52. The summed E-state index contributed by atoms with van der Waals surface area (Å²) in [5.74, 6) is -0.326. The van der Waals surface area contributed by atoms with Gasteiger partial charge in [-0.25, -0.2) is 9.80 Å². The van der Waals surface area contributed by atoms with Crippen molar-refractivity contribution in [2.75, 3.05) is 26.1 Å². The van der Waals surface area contributed by atoms with Gasteiger partial charge in [-0.05, 0) is 25.4 Å². The summed E-state index contributed by atoms with van der Waals surface area (Å²) in [6.07, 6.45) is 0. The van der Waals surface area contributed by atoms with Crippen LogP contribution in [-0.2, 0) is 4.74 Å². The van der Waals surface area contributed by atoms with Crippen LogP contribution >= 0.6 is 11.5 Å². The molecule has 15 heavy (non-hydrogen) atoms. The Bertz CT molecular complexity index is 349. The normalized spacial score (nSPS) is 10.5. The minimum Gasteiger partial charge on any atom is -0.462 e. The number of ether oxygens (including phenoxy) is 1. The fraction of sp³-hybridized carbons (Fsp3) is 0.556. The van der Waals surface area contributed by atoms with E-state index in [1.165, 1.54) is 11.5 Å². The minimum atomic E-state index is -0.326. The van der Waals surface area contributed by atoms with Gasteiger partial charge < -0.3 is 10.2 Å². The van der Waals surface area contributed by atoms with Crippen LogP contribution in [0.5, 0.6) is 0 Å². The van der Waals surface area contributed by atoms with Crippen molar-refractivity contribution in [1.82, 2.24) is 9.38 Å². The lowest BCUT2D eigenvalue weighted by Gasteiger charge is -2.12. The van der Waals surface area contributed by atoms with Crippen LogP contribution in [-0.4, -0.2) is 36.1 Å². The molecule has 0 saturated heterocycles. The molecule has 0 amide bonds. The summed E-state index contributed by atoms with van der Waals surface area (Å²) in [6.45, 7) is 3.95. The number of nitrogens with zero attached hydrogens (tertiary/aromatic N) is 2. The van der Waals surface area contributed by atoms with Gasteiger partial charge >= 0.3 is 5.97 Å². The number of carbonyl (C=O) groups excluding carboxylic acids is 1. The van der Waals surface area contributed by atoms with Gasteiger partial charge in [0.1, 0.15) is 10.6 Å². The molecule has 0 bridgehead atoms. The number of carbonyl (C=O) groups is 1. The summed E-state index contributed by atoms with van der Waals surface area (Å²) in [5.41, 5.74) is 4.24. The SMILES string of the molecule is CCOC(=O)c1c(C)nsc1NN(C)C. The molecule has 0 aliphatic carbocycles. The largest absolute Gasteiger partial charge is 0.462 e. The van der Waals surface area contributed by atoms with E-state index in [0.29, 0.717) is 17.9 Å². The molecule has 1 heterocycles. The number of rotatable bonds is 4. The highest BCUT2D eigenvalue weighted by Crippen LogP contribution is 2.25. The van der Waals surface area contributed by atoms with Crippen LogP contribution in [0.2, 0.25) is 0 Å². The van der Waals surface area contributed by atoms with Crippen LogP contribution in [0.15, 0.2) is 0 Å². The number of hydrazine groups is 1. The summed E-state index contributed by atoms with van der Waals surface area (Å²) in [5, 5.41) is 2.48. The van der Waals surface area contributed by atoms with Gasteiger partial charge in [0.15, 0.2) is 0 Å². The van der Waals surface area contributed by atoms with Crippen LogP contribution in [0.3, 0.4) is 0 Å². The van der Waals surface area contributed by atoms with Crippen LogP contribution in [0.4, 0.5) is 5.00 Å². The first-order valence-corrected chi connectivity index (χ1v) is 5.41. The molecule has 0 atom stereocenters. The maximum absolute atomic E-state index is 11.6. The smallest absolute Gasteiger partial charge is 0.343 e. The number of aromatic nitrogens is 1. The van der Waals surface area contributed by atoms with E-state index < -0.39 is 0 Å². The molecule has 1 N–H and O–H groups in total. The molecule has 0 aliphatic heterocycles. The fourth-order valence-corrected chi connectivity index (χ4v) is 1.96. The quantitative estimate of drug-likeness (QED) is 0.626. The van der Waals surface area contributed by atoms with E-state index in [2.05, 4.69) is 9.80 Å². The molecule has 1 aromatic rings. The van der Waals surface area contributed by atoms with Gasteiger partial charge in [0.25, 0.3) is 0 Å². The lowest BCUT2D eigenvalue weighted by Crippen LogP contribution is -2.20. The topological polar surface area (TPSA) is 54.5 Å². The first kappa shape index (κ1) is 11.9. The summed E-state index contributed by atoms with van der Waals surface area (Å²) < 4.78 is 9.08. The standard InChI is InChI=1S/C9H15N3O2S/c1-5-14-9(13)7-6(2)11-15-8(7)10-12(3)4/h10H,5H2,1-4H3. The number of nitrogens with one attached hydrogen (secondary N) is 1. The van der Waals surface area contributed by atoms with Gasteiger partial charge in [-0.1, -0.05) is 0 Å². The van der Waals surface area contributed by atoms with E-state index in [0.717, 1.165) is 5.00 Å². The zero-order valence-corrected chi connectivity index (χ0v) is 10.1. The minimum absolute atomic E-state index is 0.326. The lowest BCUT2D eigenvalue weighted by molar-refractivity contribution is 0.0526. The van der Waals surface area contributed by atoms with Crippen molar-refractivity contribution in [3.05, 3.63) is 11.3 Å². The summed E-state index contributed by atoms with van der Waals surface area (Å²) in [7, 11) is 3.70. The molecule has 0 fully saturated rings. The molecule has 0 radical (unpaired) electrons. The predicted molar refractivity (Wildman–Crippen MR) is 60.1 cm³/mol. The highest BCUT2D eigenvalue weighted by molar-refractivity contribution is 7.10. The first-order chi connectivity index (χ1) is 7.06. The van der Waals surface area contributed by atoms with Crippen molar-refractivity contribution in [2.45, 2.75) is 13.8 Å². The van der Waals surface area contributed by atoms with Crippen molar-refractivity contribution in [3.63, 3.8) is 0 Å². The Balaban J connectivity index is 2.93. The Morgan fingerprint density at radius 3 is 2.80 bits per heavy atom. The Labute approximate surface area is 93.2 Å². The van der Waals surface area contributed by atoms with Crippen molar-refractivity contribution in [2.24, 2.45) is 0 Å². The molecule has 1 rings (SSSR count). The monoisotopic (exact) mass is 229 g/mol. The van der Waals surface area contributed by atoms with Gasteiger partial charge in [-0.2, -0.15) is 4.37 Å². The summed E-state index contributed by atoms with van der Waals surface area (Å²) in [6, 6.07) is 0. The highest BCUT2D eigenvalue weighted by atomic mass is 32.1. The first-order valence-electron chi connectivity index (χ1n) is 4.63. The number of esters is 1. The molecule has 0 saturated carbocycles. The Kier molecular flexibility index (Phi) is 4.05. The molecule has 0 aromatic carbocycles. The van der Waals surface area contributed by atoms with Crippen molar-refractivity contribution in [3.8, 4) is 0 Å². The van der Waals surface area contributed by atoms with Crippen molar-refractivity contribution in [1.29, 1.82) is 0 Å². The molecular weight excluding hydrogens is 214 g/mol. The lowest BCUT2D eigenvalue weighted by atomic mass is 10.2. The van der Waals surface area contributed by atoms with E-state index in [4.69, 9.17) is 4.74 Å².